The summed E-state index contributed by atoms with van der Waals surface area (Å²) in [7, 11) is 1.49. The molecule has 7 nitrogen and oxygen atoms in total. The number of hydrogen-bond acceptors (Lipinski definition) is 6. The van der Waals surface area contributed by atoms with E-state index in [4.69, 9.17) is 16.3 Å². The second-order valence-electron chi connectivity index (χ2n) is 5.59. The van der Waals surface area contributed by atoms with Crippen molar-refractivity contribution in [3.05, 3.63) is 39.3 Å². The Hall–Kier alpha value is -2.03. The topological polar surface area (TPSA) is 84.4 Å². The fourth-order valence-electron chi connectivity index (χ4n) is 2.74. The van der Waals surface area contributed by atoms with E-state index < -0.39 is 0 Å². The number of nitrogens with one attached hydrogen (secondary N) is 1. The Kier molecular flexibility index (Phi) is 5.62. The third-order valence-electron chi connectivity index (χ3n) is 3.84. The second-order valence-corrected chi connectivity index (χ2v) is 7.03. The normalized spacial score (nSPS) is 16.9. The fourth-order valence-corrected chi connectivity index (χ4v) is 3.82. The highest BCUT2D eigenvalue weighted by Crippen LogP contribution is 2.33. The molecule has 0 saturated carbocycles. The molecule has 1 N–H and O–H groups in total. The Morgan fingerprint density at radius 1 is 1.44 bits per heavy atom. The second kappa shape index (κ2) is 7.90. The van der Waals surface area contributed by atoms with Crippen LogP contribution in [0.25, 0.3) is 0 Å². The number of rotatable bonds is 5. The van der Waals surface area contributed by atoms with Gasteiger partial charge in [-0.1, -0.05) is 29.0 Å². The number of benzene rings is 1. The predicted octanol–water partition coefficient (Wildman–Crippen LogP) is 2.75. The quantitative estimate of drug-likeness (QED) is 0.862. The Balaban J connectivity index is 1.71. The molecule has 132 valence electrons. The number of amides is 2. The molecule has 1 aromatic heterocycles. The molecule has 1 atom stereocenters. The first-order chi connectivity index (χ1) is 12.1. The maximum absolute atomic E-state index is 12.3. The molecule has 0 bridgehead atoms. The molecule has 0 spiro atoms. The van der Waals surface area contributed by atoms with Crippen LogP contribution in [0.1, 0.15) is 33.7 Å². The number of ether oxygens (including phenoxy) is 1. The van der Waals surface area contributed by atoms with E-state index in [0.717, 1.165) is 12.8 Å². The van der Waals surface area contributed by atoms with Crippen LogP contribution in [0, 0.1) is 0 Å². The molecule has 1 aliphatic rings. The van der Waals surface area contributed by atoms with Crippen LogP contribution in [0.3, 0.4) is 0 Å². The molecule has 3 rings (SSSR count). The van der Waals surface area contributed by atoms with Crippen molar-refractivity contribution in [3.63, 3.8) is 0 Å². The van der Waals surface area contributed by atoms with Gasteiger partial charge in [0.25, 0.3) is 5.91 Å². The highest BCUT2D eigenvalue weighted by atomic mass is 35.5. The van der Waals surface area contributed by atoms with Gasteiger partial charge in [-0.05, 0) is 31.0 Å². The van der Waals surface area contributed by atoms with Gasteiger partial charge in [0.2, 0.25) is 10.9 Å². The first kappa shape index (κ1) is 17.8. The SMILES string of the molecule is COCC(=O)N1CCC[C@H]1c1nnc(C(=O)Nc2cccc(Cl)c2)s1. The predicted molar refractivity (Wildman–Crippen MR) is 94.9 cm³/mol. The van der Waals surface area contributed by atoms with Crippen molar-refractivity contribution in [2.75, 3.05) is 25.6 Å². The molecule has 1 saturated heterocycles. The molecular formula is C16H17ClN4O3S. The summed E-state index contributed by atoms with van der Waals surface area (Å²) in [6.07, 6.45) is 1.70. The average molecular weight is 381 g/mol. The summed E-state index contributed by atoms with van der Waals surface area (Å²) < 4.78 is 4.92. The Labute approximate surface area is 153 Å². The largest absolute Gasteiger partial charge is 0.375 e. The standard InChI is InChI=1S/C16H17ClN4O3S/c1-24-9-13(22)21-7-3-6-12(21)15-19-20-16(25-15)14(23)18-11-5-2-4-10(17)8-11/h2,4-5,8,12H,3,6-7,9H2,1H3,(H,18,23)/t12-/m0/s1. The molecule has 1 fully saturated rings. The van der Waals surface area contributed by atoms with Crippen molar-refractivity contribution in [3.8, 4) is 0 Å². The van der Waals surface area contributed by atoms with Crippen molar-refractivity contribution >= 4 is 40.4 Å². The molecule has 2 heterocycles. The molecule has 25 heavy (non-hydrogen) atoms. The monoisotopic (exact) mass is 380 g/mol. The number of nitrogens with zero attached hydrogens (tertiary/aromatic N) is 3. The zero-order valence-electron chi connectivity index (χ0n) is 13.6. The minimum atomic E-state index is -0.348. The summed E-state index contributed by atoms with van der Waals surface area (Å²) >= 11 is 7.11. The maximum atomic E-state index is 12.3. The average Bonchev–Trinajstić information content (AvgIpc) is 3.24. The molecule has 1 aliphatic heterocycles. The van der Waals surface area contributed by atoms with Crippen molar-refractivity contribution < 1.29 is 14.3 Å². The van der Waals surface area contributed by atoms with E-state index in [0.29, 0.717) is 22.3 Å². The number of methoxy groups -OCH3 is 1. The van der Waals surface area contributed by atoms with Crippen LogP contribution in [0.2, 0.25) is 5.02 Å². The number of hydrogen-bond donors (Lipinski definition) is 1. The maximum Gasteiger partial charge on any atom is 0.286 e. The van der Waals surface area contributed by atoms with E-state index in [1.54, 1.807) is 29.2 Å². The lowest BCUT2D eigenvalue weighted by atomic mass is 10.2. The van der Waals surface area contributed by atoms with E-state index in [1.807, 2.05) is 0 Å². The number of likely N-dealkylation sites (tertiary alicyclic amines) is 1. The smallest absolute Gasteiger partial charge is 0.286 e. The van der Waals surface area contributed by atoms with E-state index in [9.17, 15) is 9.59 Å². The minimum Gasteiger partial charge on any atom is -0.375 e. The molecular weight excluding hydrogens is 364 g/mol. The van der Waals surface area contributed by atoms with Gasteiger partial charge in [0.15, 0.2) is 0 Å². The number of aromatic nitrogens is 2. The molecule has 2 aromatic rings. The highest BCUT2D eigenvalue weighted by molar-refractivity contribution is 7.13. The Morgan fingerprint density at radius 3 is 3.04 bits per heavy atom. The fraction of sp³-hybridized carbons (Fsp3) is 0.375. The van der Waals surface area contributed by atoms with Crippen LogP contribution in [0.4, 0.5) is 5.69 Å². The van der Waals surface area contributed by atoms with Gasteiger partial charge in [0, 0.05) is 24.4 Å². The van der Waals surface area contributed by atoms with E-state index in [1.165, 1.54) is 18.4 Å². The number of anilines is 1. The lowest BCUT2D eigenvalue weighted by molar-refractivity contribution is -0.136. The van der Waals surface area contributed by atoms with Crippen molar-refractivity contribution in [2.24, 2.45) is 0 Å². The summed E-state index contributed by atoms with van der Waals surface area (Å²) in [5, 5.41) is 12.3. The zero-order chi connectivity index (χ0) is 17.8. The van der Waals surface area contributed by atoms with Gasteiger partial charge >= 0.3 is 0 Å². The summed E-state index contributed by atoms with van der Waals surface area (Å²) in [5.74, 6) is -0.427. The van der Waals surface area contributed by atoms with Crippen LogP contribution in [-0.2, 0) is 9.53 Å². The van der Waals surface area contributed by atoms with Crippen LogP contribution in [-0.4, -0.2) is 47.2 Å². The highest BCUT2D eigenvalue weighted by Gasteiger charge is 2.32. The summed E-state index contributed by atoms with van der Waals surface area (Å²) in [6, 6.07) is 6.73. The molecule has 0 unspecified atom stereocenters. The van der Waals surface area contributed by atoms with Gasteiger partial charge in [-0.3, -0.25) is 9.59 Å². The van der Waals surface area contributed by atoms with Crippen molar-refractivity contribution in [2.45, 2.75) is 18.9 Å². The van der Waals surface area contributed by atoms with E-state index in [2.05, 4.69) is 15.5 Å². The van der Waals surface area contributed by atoms with Crippen molar-refractivity contribution in [1.29, 1.82) is 0 Å². The van der Waals surface area contributed by atoms with Gasteiger partial charge in [-0.15, -0.1) is 10.2 Å². The number of carbonyl (C=O) groups is 2. The van der Waals surface area contributed by atoms with Gasteiger partial charge in [0.1, 0.15) is 11.6 Å². The Morgan fingerprint density at radius 2 is 2.28 bits per heavy atom. The van der Waals surface area contributed by atoms with Crippen LogP contribution in [0.5, 0.6) is 0 Å². The zero-order valence-corrected chi connectivity index (χ0v) is 15.1. The first-order valence-corrected chi connectivity index (χ1v) is 8.96. The number of halogens is 1. The molecule has 1 aromatic carbocycles. The summed E-state index contributed by atoms with van der Waals surface area (Å²) in [4.78, 5) is 26.2. The van der Waals surface area contributed by atoms with E-state index in [-0.39, 0.29) is 29.5 Å². The third-order valence-corrected chi connectivity index (χ3v) is 5.10. The minimum absolute atomic E-state index is 0.0391. The van der Waals surface area contributed by atoms with Crippen molar-refractivity contribution in [1.82, 2.24) is 15.1 Å². The van der Waals surface area contributed by atoms with Gasteiger partial charge < -0.3 is 15.0 Å². The molecule has 0 radical (unpaired) electrons. The molecule has 9 heteroatoms. The third kappa shape index (κ3) is 4.15. The first-order valence-electron chi connectivity index (χ1n) is 7.77. The summed E-state index contributed by atoms with van der Waals surface area (Å²) in [5.41, 5.74) is 0.590. The van der Waals surface area contributed by atoms with Crippen LogP contribution >= 0.6 is 22.9 Å². The van der Waals surface area contributed by atoms with Gasteiger partial charge in [0.05, 0.1) is 6.04 Å². The summed E-state index contributed by atoms with van der Waals surface area (Å²) in [6.45, 7) is 0.702. The number of carbonyl (C=O) groups excluding carboxylic acids is 2. The Bertz CT molecular complexity index is 782. The van der Waals surface area contributed by atoms with Gasteiger partial charge in [-0.2, -0.15) is 0 Å². The van der Waals surface area contributed by atoms with E-state index >= 15 is 0 Å². The van der Waals surface area contributed by atoms with Crippen LogP contribution in [0.15, 0.2) is 24.3 Å². The van der Waals surface area contributed by atoms with Gasteiger partial charge in [-0.25, -0.2) is 0 Å². The lowest BCUT2D eigenvalue weighted by Crippen LogP contribution is -2.33. The molecule has 0 aliphatic carbocycles. The molecule has 2 amide bonds. The van der Waals surface area contributed by atoms with Crippen LogP contribution < -0.4 is 5.32 Å². The lowest BCUT2D eigenvalue weighted by Gasteiger charge is -2.22.